The fourth-order valence-corrected chi connectivity index (χ4v) is 1.36. The van der Waals surface area contributed by atoms with Crippen molar-refractivity contribution in [3.05, 3.63) is 0 Å². The summed E-state index contributed by atoms with van der Waals surface area (Å²) in [6.07, 6.45) is 0.950. The SMILES string of the molecule is CC(C)(C)CC1CNNC1=O. The molecule has 0 aromatic rings. The van der Waals surface area contributed by atoms with E-state index in [4.69, 9.17) is 0 Å². The van der Waals surface area contributed by atoms with Gasteiger partial charge >= 0.3 is 0 Å². The maximum absolute atomic E-state index is 11.1. The molecule has 1 aliphatic heterocycles. The molecular weight excluding hydrogens is 140 g/mol. The maximum Gasteiger partial charge on any atom is 0.238 e. The van der Waals surface area contributed by atoms with Crippen molar-refractivity contribution < 1.29 is 4.79 Å². The molecule has 0 aromatic heterocycles. The van der Waals surface area contributed by atoms with Crippen LogP contribution >= 0.6 is 0 Å². The van der Waals surface area contributed by atoms with Gasteiger partial charge in [0.2, 0.25) is 5.91 Å². The summed E-state index contributed by atoms with van der Waals surface area (Å²) in [6.45, 7) is 7.23. The predicted octanol–water partition coefficient (Wildman–Crippen LogP) is 0.673. The zero-order valence-electron chi connectivity index (χ0n) is 7.40. The first kappa shape index (κ1) is 8.53. The molecule has 3 nitrogen and oxygen atoms in total. The number of carbonyl (C=O) groups excluding carboxylic acids is 1. The summed E-state index contributed by atoms with van der Waals surface area (Å²) >= 11 is 0. The molecule has 0 saturated carbocycles. The minimum absolute atomic E-state index is 0.139. The zero-order chi connectivity index (χ0) is 8.48. The Labute approximate surface area is 67.5 Å². The van der Waals surface area contributed by atoms with Crippen LogP contribution in [-0.2, 0) is 4.79 Å². The molecule has 1 rings (SSSR count). The highest BCUT2D eigenvalue weighted by Crippen LogP contribution is 2.24. The van der Waals surface area contributed by atoms with Crippen LogP contribution in [0.4, 0.5) is 0 Å². The molecule has 3 heteroatoms. The summed E-state index contributed by atoms with van der Waals surface area (Å²) < 4.78 is 0. The molecule has 1 aliphatic rings. The molecule has 0 spiro atoms. The first-order valence-electron chi connectivity index (χ1n) is 4.02. The van der Waals surface area contributed by atoms with Gasteiger partial charge < -0.3 is 0 Å². The Kier molecular flexibility index (Phi) is 2.18. The van der Waals surface area contributed by atoms with Crippen LogP contribution in [0.25, 0.3) is 0 Å². The predicted molar refractivity (Wildman–Crippen MR) is 43.7 cm³/mol. The lowest BCUT2D eigenvalue weighted by Crippen LogP contribution is -2.26. The van der Waals surface area contributed by atoms with Crippen LogP contribution in [0.3, 0.4) is 0 Å². The van der Waals surface area contributed by atoms with Gasteiger partial charge in [0.05, 0.1) is 5.92 Å². The Morgan fingerprint density at radius 3 is 2.55 bits per heavy atom. The van der Waals surface area contributed by atoms with E-state index < -0.39 is 0 Å². The van der Waals surface area contributed by atoms with Gasteiger partial charge in [-0.15, -0.1) is 0 Å². The third-order valence-electron chi connectivity index (χ3n) is 1.79. The van der Waals surface area contributed by atoms with Crippen molar-refractivity contribution in [3.8, 4) is 0 Å². The number of rotatable bonds is 1. The van der Waals surface area contributed by atoms with Crippen molar-refractivity contribution in [3.63, 3.8) is 0 Å². The molecular formula is C8H16N2O. The van der Waals surface area contributed by atoms with Gasteiger partial charge in [-0.3, -0.25) is 10.2 Å². The van der Waals surface area contributed by atoms with E-state index in [9.17, 15) is 4.79 Å². The van der Waals surface area contributed by atoms with E-state index in [0.717, 1.165) is 13.0 Å². The van der Waals surface area contributed by atoms with Gasteiger partial charge in [0, 0.05) is 6.54 Å². The second kappa shape index (κ2) is 2.81. The van der Waals surface area contributed by atoms with Crippen molar-refractivity contribution in [2.24, 2.45) is 11.3 Å². The van der Waals surface area contributed by atoms with Crippen LogP contribution in [0.2, 0.25) is 0 Å². The Morgan fingerprint density at radius 2 is 2.18 bits per heavy atom. The monoisotopic (exact) mass is 156 g/mol. The van der Waals surface area contributed by atoms with Crippen LogP contribution < -0.4 is 10.9 Å². The summed E-state index contributed by atoms with van der Waals surface area (Å²) in [5.74, 6) is 0.301. The van der Waals surface area contributed by atoms with E-state index in [1.54, 1.807) is 0 Å². The van der Waals surface area contributed by atoms with Crippen molar-refractivity contribution in [2.75, 3.05) is 6.54 Å². The van der Waals surface area contributed by atoms with Crippen molar-refractivity contribution in [1.29, 1.82) is 0 Å². The van der Waals surface area contributed by atoms with E-state index >= 15 is 0 Å². The first-order valence-corrected chi connectivity index (χ1v) is 4.02. The van der Waals surface area contributed by atoms with Gasteiger partial charge in [0.1, 0.15) is 0 Å². The lowest BCUT2D eigenvalue weighted by Gasteiger charge is -2.20. The number of hydrazine groups is 1. The molecule has 0 aromatic carbocycles. The zero-order valence-corrected chi connectivity index (χ0v) is 7.40. The van der Waals surface area contributed by atoms with E-state index in [2.05, 4.69) is 31.6 Å². The van der Waals surface area contributed by atoms with Crippen LogP contribution in [-0.4, -0.2) is 12.5 Å². The van der Waals surface area contributed by atoms with Crippen molar-refractivity contribution in [1.82, 2.24) is 10.9 Å². The van der Waals surface area contributed by atoms with Crippen LogP contribution in [0.15, 0.2) is 0 Å². The van der Waals surface area contributed by atoms with Gasteiger partial charge in [-0.2, -0.15) is 0 Å². The summed E-state index contributed by atoms with van der Waals surface area (Å²) in [5, 5.41) is 0. The Bertz CT molecular complexity index is 160. The Morgan fingerprint density at radius 1 is 1.55 bits per heavy atom. The Hall–Kier alpha value is -0.570. The van der Waals surface area contributed by atoms with E-state index in [0.29, 0.717) is 0 Å². The number of nitrogens with one attached hydrogen (secondary N) is 2. The second-order valence-electron chi connectivity index (χ2n) is 4.33. The summed E-state index contributed by atoms with van der Waals surface area (Å²) in [5.41, 5.74) is 5.69. The fourth-order valence-electron chi connectivity index (χ4n) is 1.36. The average Bonchev–Trinajstić information content (AvgIpc) is 2.12. The normalized spacial score (nSPS) is 25.4. The first-order chi connectivity index (χ1) is 4.99. The minimum atomic E-state index is 0.139. The van der Waals surface area contributed by atoms with E-state index in [1.807, 2.05) is 0 Å². The topological polar surface area (TPSA) is 41.1 Å². The summed E-state index contributed by atoms with van der Waals surface area (Å²) in [6, 6.07) is 0. The quantitative estimate of drug-likeness (QED) is 0.586. The van der Waals surface area contributed by atoms with Crippen molar-refractivity contribution in [2.45, 2.75) is 27.2 Å². The van der Waals surface area contributed by atoms with Crippen molar-refractivity contribution >= 4 is 5.91 Å². The molecule has 0 aliphatic carbocycles. The smallest absolute Gasteiger partial charge is 0.238 e. The highest BCUT2D eigenvalue weighted by molar-refractivity contribution is 5.80. The molecule has 11 heavy (non-hydrogen) atoms. The molecule has 0 bridgehead atoms. The van der Waals surface area contributed by atoms with E-state index in [-0.39, 0.29) is 17.2 Å². The molecule has 1 amide bonds. The maximum atomic E-state index is 11.1. The highest BCUT2D eigenvalue weighted by atomic mass is 16.2. The average molecular weight is 156 g/mol. The lowest BCUT2D eigenvalue weighted by atomic mass is 9.85. The van der Waals surface area contributed by atoms with Crippen LogP contribution in [0.1, 0.15) is 27.2 Å². The fraction of sp³-hybridized carbons (Fsp3) is 0.875. The van der Waals surface area contributed by atoms with Gasteiger partial charge in [-0.05, 0) is 11.8 Å². The summed E-state index contributed by atoms with van der Waals surface area (Å²) in [4.78, 5) is 11.1. The number of hydrogen-bond donors (Lipinski definition) is 2. The number of amides is 1. The van der Waals surface area contributed by atoms with Gasteiger partial charge in [0.15, 0.2) is 0 Å². The van der Waals surface area contributed by atoms with Crippen LogP contribution in [0, 0.1) is 11.3 Å². The molecule has 1 heterocycles. The third kappa shape index (κ3) is 2.50. The minimum Gasteiger partial charge on any atom is -0.291 e. The molecule has 1 fully saturated rings. The standard InChI is InChI=1S/C8H16N2O/c1-8(2,3)4-6-5-9-10-7(6)11/h6,9H,4-5H2,1-3H3,(H,10,11). The Balaban J connectivity index is 2.43. The third-order valence-corrected chi connectivity index (χ3v) is 1.79. The summed E-state index contributed by atoms with van der Waals surface area (Å²) in [7, 11) is 0. The van der Waals surface area contributed by atoms with Gasteiger partial charge in [0.25, 0.3) is 0 Å². The molecule has 0 radical (unpaired) electrons. The molecule has 1 atom stereocenters. The van der Waals surface area contributed by atoms with Crippen LogP contribution in [0.5, 0.6) is 0 Å². The molecule has 2 N–H and O–H groups in total. The molecule has 64 valence electrons. The van der Waals surface area contributed by atoms with E-state index in [1.165, 1.54) is 0 Å². The largest absolute Gasteiger partial charge is 0.291 e. The number of hydrogen-bond acceptors (Lipinski definition) is 2. The molecule has 1 unspecified atom stereocenters. The van der Waals surface area contributed by atoms with Gasteiger partial charge in [-0.25, -0.2) is 5.43 Å². The van der Waals surface area contributed by atoms with Gasteiger partial charge in [-0.1, -0.05) is 20.8 Å². The number of carbonyl (C=O) groups is 1. The second-order valence-corrected chi connectivity index (χ2v) is 4.33. The lowest BCUT2D eigenvalue weighted by molar-refractivity contribution is -0.123. The highest BCUT2D eigenvalue weighted by Gasteiger charge is 2.28. The molecule has 1 saturated heterocycles.